The molecule has 120 valence electrons. The van der Waals surface area contributed by atoms with Gasteiger partial charge in [-0.25, -0.2) is 0 Å². The Bertz CT molecular complexity index is 710. The Morgan fingerprint density at radius 3 is 2.57 bits per heavy atom. The molecule has 2 aromatic rings. The molecular formula is C19H20ClNO2. The highest BCUT2D eigenvalue weighted by molar-refractivity contribution is 6.32. The Balaban J connectivity index is 1.82. The molecule has 1 amide bonds. The summed E-state index contributed by atoms with van der Waals surface area (Å²) >= 11 is 6.29. The van der Waals surface area contributed by atoms with E-state index in [9.17, 15) is 4.79 Å². The van der Waals surface area contributed by atoms with Crippen LogP contribution in [-0.2, 0) is 10.2 Å². The Kier molecular flexibility index (Phi) is 4.58. The summed E-state index contributed by atoms with van der Waals surface area (Å²) in [5.41, 5.74) is 1.12. The molecule has 0 aliphatic heterocycles. The molecule has 0 heterocycles. The number of para-hydroxylation sites is 2. The summed E-state index contributed by atoms with van der Waals surface area (Å²) in [4.78, 5) is 12.9. The average molecular weight is 330 g/mol. The normalized spacial score (nSPS) is 15.0. The molecule has 0 radical (unpaired) electrons. The van der Waals surface area contributed by atoms with Crippen LogP contribution in [0.15, 0.2) is 48.5 Å². The van der Waals surface area contributed by atoms with E-state index in [4.69, 9.17) is 16.3 Å². The Hall–Kier alpha value is -2.00. The largest absolute Gasteiger partial charge is 0.491 e. The molecule has 3 rings (SSSR count). The molecule has 4 heteroatoms. The number of anilines is 1. The van der Waals surface area contributed by atoms with Crippen molar-refractivity contribution in [3.63, 3.8) is 0 Å². The Morgan fingerprint density at radius 2 is 1.87 bits per heavy atom. The number of rotatable bonds is 6. The van der Waals surface area contributed by atoms with Crippen LogP contribution in [0, 0.1) is 0 Å². The fourth-order valence-corrected chi connectivity index (χ4v) is 3.06. The Morgan fingerprint density at radius 1 is 1.17 bits per heavy atom. The lowest BCUT2D eigenvalue weighted by molar-refractivity contribution is -0.118. The number of hydrogen-bond donors (Lipinski definition) is 1. The molecular weight excluding hydrogens is 310 g/mol. The SMILES string of the molecule is CCCOc1ccccc1NC(=O)C1(c2ccccc2Cl)CC1. The lowest BCUT2D eigenvalue weighted by Crippen LogP contribution is -2.28. The van der Waals surface area contributed by atoms with Crippen LogP contribution in [0.2, 0.25) is 5.02 Å². The van der Waals surface area contributed by atoms with Gasteiger partial charge in [0, 0.05) is 5.02 Å². The molecule has 1 N–H and O–H groups in total. The molecule has 1 fully saturated rings. The molecule has 0 unspecified atom stereocenters. The first-order valence-electron chi connectivity index (χ1n) is 7.95. The van der Waals surface area contributed by atoms with E-state index in [1.807, 2.05) is 48.5 Å². The lowest BCUT2D eigenvalue weighted by Gasteiger charge is -2.18. The number of halogens is 1. The van der Waals surface area contributed by atoms with Gasteiger partial charge in [0.05, 0.1) is 17.7 Å². The predicted octanol–water partition coefficient (Wildman–Crippen LogP) is 4.80. The number of carbonyl (C=O) groups excluding carboxylic acids is 1. The molecule has 23 heavy (non-hydrogen) atoms. The average Bonchev–Trinajstić information content (AvgIpc) is 3.36. The summed E-state index contributed by atoms with van der Waals surface area (Å²) in [5, 5.41) is 3.67. The molecule has 0 atom stereocenters. The molecule has 2 aromatic carbocycles. The first-order valence-corrected chi connectivity index (χ1v) is 8.33. The smallest absolute Gasteiger partial charge is 0.235 e. The maximum atomic E-state index is 12.9. The van der Waals surface area contributed by atoms with Crippen LogP contribution in [0.1, 0.15) is 31.7 Å². The molecule has 0 spiro atoms. The second-order valence-electron chi connectivity index (χ2n) is 5.86. The minimum atomic E-state index is -0.504. The summed E-state index contributed by atoms with van der Waals surface area (Å²) in [6.07, 6.45) is 2.56. The predicted molar refractivity (Wildman–Crippen MR) is 93.2 cm³/mol. The topological polar surface area (TPSA) is 38.3 Å². The van der Waals surface area contributed by atoms with Crippen molar-refractivity contribution in [2.24, 2.45) is 0 Å². The highest BCUT2D eigenvalue weighted by Crippen LogP contribution is 2.51. The van der Waals surface area contributed by atoms with E-state index in [1.165, 1.54) is 0 Å². The zero-order valence-electron chi connectivity index (χ0n) is 13.1. The van der Waals surface area contributed by atoms with Gasteiger partial charge >= 0.3 is 0 Å². The van der Waals surface area contributed by atoms with Gasteiger partial charge in [-0.05, 0) is 43.0 Å². The van der Waals surface area contributed by atoms with Gasteiger partial charge in [0.1, 0.15) is 5.75 Å². The standard InChI is InChI=1S/C19H20ClNO2/c1-2-13-23-17-10-6-5-9-16(17)21-18(22)19(11-12-19)14-7-3-4-8-15(14)20/h3-10H,2,11-13H2,1H3,(H,21,22). The molecule has 1 saturated carbocycles. The minimum absolute atomic E-state index is 0.0156. The van der Waals surface area contributed by atoms with E-state index >= 15 is 0 Å². The van der Waals surface area contributed by atoms with Gasteiger partial charge in [-0.3, -0.25) is 4.79 Å². The van der Waals surface area contributed by atoms with Crippen LogP contribution < -0.4 is 10.1 Å². The van der Waals surface area contributed by atoms with E-state index in [1.54, 1.807) is 0 Å². The van der Waals surface area contributed by atoms with E-state index in [0.717, 1.165) is 24.8 Å². The summed E-state index contributed by atoms with van der Waals surface area (Å²) in [6.45, 7) is 2.68. The third kappa shape index (κ3) is 3.20. The van der Waals surface area contributed by atoms with Gasteiger partial charge < -0.3 is 10.1 Å². The second kappa shape index (κ2) is 6.63. The van der Waals surface area contributed by atoms with Crippen molar-refractivity contribution in [2.45, 2.75) is 31.6 Å². The molecule has 1 aliphatic rings. The van der Waals surface area contributed by atoms with Gasteiger partial charge in [0.2, 0.25) is 5.91 Å². The summed E-state index contributed by atoms with van der Waals surface area (Å²) in [5.74, 6) is 0.691. The van der Waals surface area contributed by atoms with E-state index in [0.29, 0.717) is 23.1 Å². The van der Waals surface area contributed by atoms with Gasteiger partial charge in [-0.2, -0.15) is 0 Å². The van der Waals surface area contributed by atoms with Crippen molar-refractivity contribution in [3.05, 3.63) is 59.1 Å². The fraction of sp³-hybridized carbons (Fsp3) is 0.316. The number of ether oxygens (including phenoxy) is 1. The zero-order valence-corrected chi connectivity index (χ0v) is 13.9. The highest BCUT2D eigenvalue weighted by Gasteiger charge is 2.52. The van der Waals surface area contributed by atoms with Crippen molar-refractivity contribution >= 4 is 23.2 Å². The van der Waals surface area contributed by atoms with Crippen LogP contribution in [0.25, 0.3) is 0 Å². The van der Waals surface area contributed by atoms with Crippen molar-refractivity contribution in [1.82, 2.24) is 0 Å². The van der Waals surface area contributed by atoms with E-state index < -0.39 is 5.41 Å². The van der Waals surface area contributed by atoms with Crippen molar-refractivity contribution < 1.29 is 9.53 Å². The van der Waals surface area contributed by atoms with Crippen molar-refractivity contribution in [3.8, 4) is 5.75 Å². The van der Waals surface area contributed by atoms with Crippen LogP contribution in [0.4, 0.5) is 5.69 Å². The van der Waals surface area contributed by atoms with Crippen LogP contribution in [-0.4, -0.2) is 12.5 Å². The summed E-state index contributed by atoms with van der Waals surface area (Å²) in [7, 11) is 0. The van der Waals surface area contributed by atoms with Gasteiger partial charge in [0.15, 0.2) is 0 Å². The zero-order chi connectivity index (χ0) is 16.3. The number of benzene rings is 2. The fourth-order valence-electron chi connectivity index (χ4n) is 2.74. The van der Waals surface area contributed by atoms with E-state index in [2.05, 4.69) is 12.2 Å². The summed E-state index contributed by atoms with van der Waals surface area (Å²) < 4.78 is 5.71. The van der Waals surface area contributed by atoms with Crippen LogP contribution in [0.3, 0.4) is 0 Å². The molecule has 0 saturated heterocycles. The first-order chi connectivity index (χ1) is 11.2. The number of nitrogens with one attached hydrogen (secondary N) is 1. The van der Waals surface area contributed by atoms with Gasteiger partial charge in [-0.15, -0.1) is 0 Å². The molecule has 1 aliphatic carbocycles. The Labute approximate surface area is 141 Å². The number of hydrogen-bond acceptors (Lipinski definition) is 2. The van der Waals surface area contributed by atoms with Gasteiger partial charge in [-0.1, -0.05) is 48.9 Å². The van der Waals surface area contributed by atoms with Gasteiger partial charge in [0.25, 0.3) is 0 Å². The highest BCUT2D eigenvalue weighted by atomic mass is 35.5. The first kappa shape index (κ1) is 15.9. The number of carbonyl (C=O) groups is 1. The third-order valence-electron chi connectivity index (χ3n) is 4.17. The maximum absolute atomic E-state index is 12.9. The number of amides is 1. The molecule has 0 aromatic heterocycles. The monoisotopic (exact) mass is 329 g/mol. The third-order valence-corrected chi connectivity index (χ3v) is 4.50. The minimum Gasteiger partial charge on any atom is -0.491 e. The van der Waals surface area contributed by atoms with E-state index in [-0.39, 0.29) is 5.91 Å². The van der Waals surface area contributed by atoms with Crippen LogP contribution >= 0.6 is 11.6 Å². The van der Waals surface area contributed by atoms with Crippen molar-refractivity contribution in [2.75, 3.05) is 11.9 Å². The lowest BCUT2D eigenvalue weighted by atomic mass is 9.94. The molecule has 3 nitrogen and oxygen atoms in total. The quantitative estimate of drug-likeness (QED) is 0.826. The summed E-state index contributed by atoms with van der Waals surface area (Å²) in [6, 6.07) is 15.1. The second-order valence-corrected chi connectivity index (χ2v) is 6.27. The van der Waals surface area contributed by atoms with Crippen LogP contribution in [0.5, 0.6) is 5.75 Å². The van der Waals surface area contributed by atoms with Crippen molar-refractivity contribution in [1.29, 1.82) is 0 Å². The molecule has 0 bridgehead atoms. The maximum Gasteiger partial charge on any atom is 0.235 e.